The van der Waals surface area contributed by atoms with Crippen LogP contribution in [0.5, 0.6) is 0 Å². The number of hydrogen-bond donors (Lipinski definition) is 0. The number of carbonyl (C=O) groups is 1. The van der Waals surface area contributed by atoms with E-state index in [-0.39, 0.29) is 0 Å². The molecule has 0 aliphatic rings. The van der Waals surface area contributed by atoms with Crippen molar-refractivity contribution in [2.75, 3.05) is 0 Å². The Bertz CT molecular complexity index is 711. The highest BCUT2D eigenvalue weighted by molar-refractivity contribution is 5.97. The van der Waals surface area contributed by atoms with E-state index in [1.165, 1.54) is 0 Å². The standard InChI is InChI=1S/C13H12N4O/c1-16-7-11(14-15-16)8-17-6-5-12-10(9-18)3-2-4-13(12)17/h2-7,9H,8H2,1H3. The van der Waals surface area contributed by atoms with Crippen molar-refractivity contribution < 1.29 is 4.79 Å². The first-order valence-corrected chi connectivity index (χ1v) is 5.66. The molecule has 0 fully saturated rings. The molecule has 18 heavy (non-hydrogen) atoms. The summed E-state index contributed by atoms with van der Waals surface area (Å²) in [7, 11) is 1.84. The Morgan fingerprint density at radius 2 is 2.22 bits per heavy atom. The smallest absolute Gasteiger partial charge is 0.150 e. The van der Waals surface area contributed by atoms with E-state index in [0.29, 0.717) is 12.1 Å². The quantitative estimate of drug-likeness (QED) is 0.654. The molecule has 3 rings (SSSR count). The summed E-state index contributed by atoms with van der Waals surface area (Å²) in [4.78, 5) is 11.0. The fraction of sp³-hybridized carbons (Fsp3) is 0.154. The van der Waals surface area contributed by atoms with Gasteiger partial charge in [0.1, 0.15) is 5.69 Å². The second-order valence-corrected chi connectivity index (χ2v) is 4.23. The summed E-state index contributed by atoms with van der Waals surface area (Å²) >= 11 is 0. The second kappa shape index (κ2) is 4.10. The van der Waals surface area contributed by atoms with E-state index in [0.717, 1.165) is 22.9 Å². The molecule has 3 aromatic rings. The molecule has 2 heterocycles. The third kappa shape index (κ3) is 1.69. The minimum Gasteiger partial charge on any atom is -0.341 e. The second-order valence-electron chi connectivity index (χ2n) is 4.23. The summed E-state index contributed by atoms with van der Waals surface area (Å²) in [6, 6.07) is 7.66. The normalized spacial score (nSPS) is 10.9. The van der Waals surface area contributed by atoms with Crippen LogP contribution in [0.1, 0.15) is 16.1 Å². The summed E-state index contributed by atoms with van der Waals surface area (Å²) in [6.45, 7) is 0.652. The van der Waals surface area contributed by atoms with Crippen molar-refractivity contribution in [3.63, 3.8) is 0 Å². The zero-order valence-electron chi connectivity index (χ0n) is 9.95. The average Bonchev–Trinajstić information content (AvgIpc) is 2.97. The van der Waals surface area contributed by atoms with Gasteiger partial charge in [-0.1, -0.05) is 17.3 Å². The predicted octanol–water partition coefficient (Wildman–Crippen LogP) is 1.63. The lowest BCUT2D eigenvalue weighted by molar-refractivity contribution is 0.112. The van der Waals surface area contributed by atoms with Gasteiger partial charge >= 0.3 is 0 Å². The molecule has 0 radical (unpaired) electrons. The molecule has 0 aliphatic heterocycles. The van der Waals surface area contributed by atoms with Gasteiger partial charge in [0.25, 0.3) is 0 Å². The highest BCUT2D eigenvalue weighted by Crippen LogP contribution is 2.19. The number of rotatable bonds is 3. The van der Waals surface area contributed by atoms with Crippen LogP contribution in [-0.2, 0) is 13.6 Å². The van der Waals surface area contributed by atoms with Gasteiger partial charge in [0.2, 0.25) is 0 Å². The Morgan fingerprint density at radius 1 is 1.33 bits per heavy atom. The van der Waals surface area contributed by atoms with E-state index in [9.17, 15) is 4.79 Å². The van der Waals surface area contributed by atoms with Gasteiger partial charge in [-0.25, -0.2) is 0 Å². The van der Waals surface area contributed by atoms with Gasteiger partial charge in [-0.05, 0) is 12.1 Å². The fourth-order valence-corrected chi connectivity index (χ4v) is 2.13. The van der Waals surface area contributed by atoms with E-state index >= 15 is 0 Å². The molecule has 0 unspecified atom stereocenters. The average molecular weight is 240 g/mol. The molecule has 5 nitrogen and oxygen atoms in total. The first kappa shape index (κ1) is 10.7. The van der Waals surface area contributed by atoms with Crippen LogP contribution >= 0.6 is 0 Å². The first-order valence-electron chi connectivity index (χ1n) is 5.66. The zero-order valence-corrected chi connectivity index (χ0v) is 9.95. The lowest BCUT2D eigenvalue weighted by Gasteiger charge is -2.02. The molecule has 90 valence electrons. The molecule has 0 N–H and O–H groups in total. The number of benzene rings is 1. The van der Waals surface area contributed by atoms with E-state index in [2.05, 4.69) is 14.9 Å². The number of fused-ring (bicyclic) bond motifs is 1. The summed E-state index contributed by atoms with van der Waals surface area (Å²) in [5, 5.41) is 8.94. The lowest BCUT2D eigenvalue weighted by Crippen LogP contribution is -1.98. The molecule has 0 amide bonds. The van der Waals surface area contributed by atoms with Crippen LogP contribution in [0.3, 0.4) is 0 Å². The molecule has 5 heteroatoms. The summed E-state index contributed by atoms with van der Waals surface area (Å²) < 4.78 is 3.74. The Morgan fingerprint density at radius 3 is 2.94 bits per heavy atom. The third-order valence-corrected chi connectivity index (χ3v) is 2.96. The van der Waals surface area contributed by atoms with Gasteiger partial charge in [-0.3, -0.25) is 9.48 Å². The van der Waals surface area contributed by atoms with E-state index < -0.39 is 0 Å². The van der Waals surface area contributed by atoms with Crippen molar-refractivity contribution in [2.45, 2.75) is 6.54 Å². The topological polar surface area (TPSA) is 52.7 Å². The Kier molecular flexibility index (Phi) is 2.44. The van der Waals surface area contributed by atoms with Crippen LogP contribution in [0.2, 0.25) is 0 Å². The number of nitrogens with zero attached hydrogens (tertiary/aromatic N) is 4. The molecule has 0 atom stereocenters. The van der Waals surface area contributed by atoms with E-state index in [1.807, 2.05) is 43.7 Å². The van der Waals surface area contributed by atoms with E-state index in [4.69, 9.17) is 0 Å². The molecule has 0 saturated heterocycles. The van der Waals surface area contributed by atoms with Crippen LogP contribution in [-0.4, -0.2) is 25.8 Å². The number of aryl methyl sites for hydroxylation is 1. The van der Waals surface area contributed by atoms with Crippen molar-refractivity contribution in [3.8, 4) is 0 Å². The molecule has 0 bridgehead atoms. The Labute approximate surface area is 104 Å². The van der Waals surface area contributed by atoms with Crippen molar-refractivity contribution in [1.29, 1.82) is 0 Å². The molecule has 1 aromatic carbocycles. The maximum Gasteiger partial charge on any atom is 0.150 e. The number of carbonyl (C=O) groups excluding carboxylic acids is 1. The highest BCUT2D eigenvalue weighted by Gasteiger charge is 2.06. The van der Waals surface area contributed by atoms with Crippen LogP contribution in [0.25, 0.3) is 10.9 Å². The van der Waals surface area contributed by atoms with Crippen LogP contribution < -0.4 is 0 Å². The minimum atomic E-state index is 0.652. The Balaban J connectivity index is 2.05. The van der Waals surface area contributed by atoms with Gasteiger partial charge in [-0.2, -0.15) is 0 Å². The highest BCUT2D eigenvalue weighted by atomic mass is 16.1. The van der Waals surface area contributed by atoms with Gasteiger partial charge in [-0.15, -0.1) is 5.10 Å². The maximum absolute atomic E-state index is 11.0. The van der Waals surface area contributed by atoms with Crippen LogP contribution in [0.15, 0.2) is 36.7 Å². The molecule has 0 spiro atoms. The number of aldehydes is 1. The SMILES string of the molecule is Cn1cc(Cn2ccc3c(C=O)cccc32)nn1. The maximum atomic E-state index is 11.0. The molecular formula is C13H12N4O. The fourth-order valence-electron chi connectivity index (χ4n) is 2.13. The zero-order chi connectivity index (χ0) is 12.5. The van der Waals surface area contributed by atoms with Crippen LogP contribution in [0.4, 0.5) is 0 Å². The van der Waals surface area contributed by atoms with Gasteiger partial charge < -0.3 is 4.57 Å². The van der Waals surface area contributed by atoms with Gasteiger partial charge in [0.05, 0.1) is 6.54 Å². The van der Waals surface area contributed by atoms with Crippen molar-refractivity contribution in [2.24, 2.45) is 7.05 Å². The monoisotopic (exact) mass is 240 g/mol. The van der Waals surface area contributed by atoms with Crippen molar-refractivity contribution in [1.82, 2.24) is 19.6 Å². The largest absolute Gasteiger partial charge is 0.341 e. The van der Waals surface area contributed by atoms with Crippen molar-refractivity contribution >= 4 is 17.2 Å². The minimum absolute atomic E-state index is 0.652. The molecular weight excluding hydrogens is 228 g/mol. The molecule has 0 saturated carbocycles. The van der Waals surface area contributed by atoms with Gasteiger partial charge in [0, 0.05) is 35.9 Å². The summed E-state index contributed by atoms with van der Waals surface area (Å²) in [5.74, 6) is 0. The van der Waals surface area contributed by atoms with Gasteiger partial charge in [0.15, 0.2) is 6.29 Å². The third-order valence-electron chi connectivity index (χ3n) is 2.96. The Hall–Kier alpha value is -2.43. The van der Waals surface area contributed by atoms with E-state index in [1.54, 1.807) is 4.68 Å². The lowest BCUT2D eigenvalue weighted by atomic mass is 10.1. The van der Waals surface area contributed by atoms with Crippen LogP contribution in [0, 0.1) is 0 Å². The summed E-state index contributed by atoms with van der Waals surface area (Å²) in [5.41, 5.74) is 2.64. The number of aromatic nitrogens is 4. The number of hydrogen-bond acceptors (Lipinski definition) is 3. The first-order chi connectivity index (χ1) is 8.78. The predicted molar refractivity (Wildman–Crippen MR) is 67.4 cm³/mol. The molecule has 0 aliphatic carbocycles. The molecule has 2 aromatic heterocycles. The summed E-state index contributed by atoms with van der Waals surface area (Å²) in [6.07, 6.45) is 4.73. The van der Waals surface area contributed by atoms with Crippen molar-refractivity contribution in [3.05, 3.63) is 47.9 Å².